The van der Waals surface area contributed by atoms with Crippen LogP contribution in [-0.4, -0.2) is 39.6 Å². The van der Waals surface area contributed by atoms with E-state index >= 15 is 0 Å². The summed E-state index contributed by atoms with van der Waals surface area (Å²) in [6.45, 7) is 0. The molecule has 0 aliphatic heterocycles. The Labute approximate surface area is 199 Å². The average molecular weight is 527 g/mol. The van der Waals surface area contributed by atoms with Crippen LogP contribution in [0.3, 0.4) is 0 Å². The number of aromatic nitrogens is 5. The highest BCUT2D eigenvalue weighted by Crippen LogP contribution is 2.41. The van der Waals surface area contributed by atoms with Crippen molar-refractivity contribution in [1.82, 2.24) is 25.0 Å². The first-order valence-electron chi connectivity index (χ1n) is 9.29. The van der Waals surface area contributed by atoms with E-state index in [9.17, 15) is 22.8 Å². The minimum atomic E-state index is -3.83. The van der Waals surface area contributed by atoms with Crippen LogP contribution in [0.5, 0.6) is 11.6 Å². The zero-order chi connectivity index (χ0) is 24.8. The van der Waals surface area contributed by atoms with Crippen molar-refractivity contribution < 1.29 is 17.3 Å². The fraction of sp³-hybridized carbons (Fsp3) is 0.222. The number of hydrogen-bond donors (Lipinski definition) is 2. The van der Waals surface area contributed by atoms with Crippen LogP contribution in [0.4, 0.5) is 0 Å². The Morgan fingerprint density at radius 3 is 2.50 bits per heavy atom. The largest absolute Gasteiger partial charge is 0.434 e. The quantitative estimate of drug-likeness (QED) is 0.452. The zero-order valence-electron chi connectivity index (χ0n) is 17.0. The third-order valence-electron chi connectivity index (χ3n) is 4.72. The Kier molecular flexibility index (Phi) is 6.04. The van der Waals surface area contributed by atoms with Gasteiger partial charge in [0, 0.05) is 5.56 Å². The van der Waals surface area contributed by atoms with Crippen molar-refractivity contribution in [3.63, 3.8) is 0 Å². The fourth-order valence-corrected chi connectivity index (χ4v) is 4.55. The Morgan fingerprint density at radius 2 is 1.88 bits per heavy atom. The highest BCUT2D eigenvalue weighted by Gasteiger charge is 2.33. The molecule has 1 aliphatic carbocycles. The van der Waals surface area contributed by atoms with Gasteiger partial charge < -0.3 is 4.74 Å². The van der Waals surface area contributed by atoms with E-state index in [1.165, 1.54) is 12.1 Å². The van der Waals surface area contributed by atoms with Crippen LogP contribution in [0.25, 0.3) is 5.69 Å². The molecule has 13 nitrogen and oxygen atoms in total. The Bertz CT molecular complexity index is 1630. The number of hydrogen-bond acceptors (Lipinski definition) is 10. The lowest BCUT2D eigenvalue weighted by Crippen LogP contribution is -2.33. The number of ether oxygens (including phenoxy) is 1. The smallest absolute Gasteiger partial charge is 0.349 e. The number of rotatable bonds is 5. The van der Waals surface area contributed by atoms with E-state index in [0.29, 0.717) is 5.56 Å². The van der Waals surface area contributed by atoms with Gasteiger partial charge in [0.15, 0.2) is 5.75 Å². The second-order valence-corrected chi connectivity index (χ2v) is 9.46. The van der Waals surface area contributed by atoms with Crippen molar-refractivity contribution in [2.24, 2.45) is 0 Å². The molecule has 0 fully saturated rings. The average Bonchev–Trinajstić information content (AvgIpc) is 3.15. The van der Waals surface area contributed by atoms with E-state index in [1.54, 1.807) is 6.07 Å². The first-order valence-corrected chi connectivity index (χ1v) is 11.9. The number of halogens is 2. The number of aromatic amines is 2. The summed E-state index contributed by atoms with van der Waals surface area (Å²) in [6.07, 6.45) is 0.319. The van der Waals surface area contributed by atoms with Crippen LogP contribution < -0.4 is 21.5 Å². The Balaban J connectivity index is 1.74. The van der Waals surface area contributed by atoms with Gasteiger partial charge in [0.1, 0.15) is 12.2 Å². The lowest BCUT2D eigenvalue weighted by molar-refractivity contribution is 0.216. The summed E-state index contributed by atoms with van der Waals surface area (Å²) in [4.78, 5) is 37.9. The van der Waals surface area contributed by atoms with E-state index in [0.717, 1.165) is 10.9 Å². The number of nitrogens with zero attached hydrogens (tertiary/aromatic N) is 4. The van der Waals surface area contributed by atoms with Gasteiger partial charge in [-0.2, -0.15) is 18.4 Å². The summed E-state index contributed by atoms with van der Waals surface area (Å²) in [5.74, 6) is -0.156. The van der Waals surface area contributed by atoms with Gasteiger partial charge in [0.2, 0.25) is 11.6 Å². The second-order valence-electron chi connectivity index (χ2n) is 7.05. The Morgan fingerprint density at radius 1 is 1.21 bits per heavy atom. The normalized spacial score (nSPS) is 15.1. The van der Waals surface area contributed by atoms with Crippen molar-refractivity contribution in [2.75, 3.05) is 6.26 Å². The zero-order valence-corrected chi connectivity index (χ0v) is 19.3. The van der Waals surface area contributed by atoms with Crippen LogP contribution in [0.15, 0.2) is 26.5 Å². The van der Waals surface area contributed by atoms with Gasteiger partial charge in [-0.05, 0) is 25.0 Å². The van der Waals surface area contributed by atoms with Gasteiger partial charge >= 0.3 is 5.69 Å². The van der Waals surface area contributed by atoms with Gasteiger partial charge in [-0.1, -0.05) is 23.2 Å². The number of H-pyrrole nitrogens is 2. The maximum Gasteiger partial charge on any atom is 0.349 e. The first kappa shape index (κ1) is 23.6. The highest BCUT2D eigenvalue weighted by molar-refractivity contribution is 7.86. The number of fused-ring (bicyclic) bond motifs is 1. The van der Waals surface area contributed by atoms with Gasteiger partial charge in [-0.25, -0.2) is 9.89 Å². The summed E-state index contributed by atoms with van der Waals surface area (Å²) in [7, 11) is -3.83. The third-order valence-corrected chi connectivity index (χ3v) is 5.86. The predicted octanol–water partition coefficient (Wildman–Crippen LogP) is 0.938. The molecule has 0 saturated heterocycles. The molecule has 1 atom stereocenters. The van der Waals surface area contributed by atoms with Crippen LogP contribution in [0.1, 0.15) is 29.3 Å². The molecular weight excluding hydrogens is 515 g/mol. The summed E-state index contributed by atoms with van der Waals surface area (Å²) in [5, 5.41) is 18.6. The van der Waals surface area contributed by atoms with E-state index in [-0.39, 0.29) is 45.8 Å². The van der Waals surface area contributed by atoms with Crippen LogP contribution in [0, 0.1) is 11.3 Å². The van der Waals surface area contributed by atoms with Crippen LogP contribution >= 0.6 is 23.2 Å². The van der Waals surface area contributed by atoms with Crippen LogP contribution in [-0.2, 0) is 20.7 Å². The molecule has 1 unspecified atom stereocenters. The molecule has 2 aromatic heterocycles. The van der Waals surface area contributed by atoms with Crippen molar-refractivity contribution in [1.29, 1.82) is 5.26 Å². The number of nitriles is 1. The molecule has 34 heavy (non-hydrogen) atoms. The van der Waals surface area contributed by atoms with Crippen molar-refractivity contribution >= 4 is 33.3 Å². The third kappa shape index (κ3) is 4.46. The molecule has 1 aromatic carbocycles. The van der Waals surface area contributed by atoms with E-state index in [1.807, 2.05) is 4.98 Å². The molecule has 0 bridgehead atoms. The SMILES string of the molecule is CS(=O)(=O)OC1CCc2c(Oc3c(Cl)cc(-n4nc(C#N)c(=O)[nH]c4=O)cc3Cl)n[nH]c(=O)c21. The topological polar surface area (TPSA) is 190 Å². The molecule has 176 valence electrons. The molecule has 16 heteroatoms. The van der Waals surface area contributed by atoms with Crippen molar-refractivity contribution in [3.05, 3.63) is 70.2 Å². The van der Waals surface area contributed by atoms with Gasteiger partial charge in [0.25, 0.3) is 21.2 Å². The van der Waals surface area contributed by atoms with Gasteiger partial charge in [0.05, 0.1) is 27.6 Å². The maximum absolute atomic E-state index is 12.3. The van der Waals surface area contributed by atoms with Gasteiger partial charge in [-0.15, -0.1) is 10.2 Å². The minimum absolute atomic E-state index is 0.0290. The standard InChI is InChI=1S/C18H12Cl2N6O7S/c1-34(30,31)33-12-3-2-8-13(12)16(28)23-24-17(8)32-14-9(19)4-7(5-10(14)20)26-18(29)22-15(27)11(6-21)25-26/h4-5,12H,2-3H2,1H3,(H,23,28)(H,22,27,29). The molecule has 2 N–H and O–H groups in total. The number of benzene rings is 1. The van der Waals surface area contributed by atoms with Crippen LogP contribution in [0.2, 0.25) is 10.0 Å². The van der Waals surface area contributed by atoms with E-state index in [2.05, 4.69) is 15.3 Å². The summed E-state index contributed by atoms with van der Waals surface area (Å²) in [5.41, 5.74) is -2.64. The number of nitrogens with one attached hydrogen (secondary N) is 2. The highest BCUT2D eigenvalue weighted by atomic mass is 35.5. The first-order chi connectivity index (χ1) is 16.0. The molecular formula is C18H12Cl2N6O7S. The monoisotopic (exact) mass is 526 g/mol. The van der Waals surface area contributed by atoms with Crippen molar-refractivity contribution in [3.8, 4) is 23.4 Å². The van der Waals surface area contributed by atoms with Crippen molar-refractivity contribution in [2.45, 2.75) is 18.9 Å². The molecule has 0 spiro atoms. The molecule has 0 radical (unpaired) electrons. The lowest BCUT2D eigenvalue weighted by Gasteiger charge is -2.14. The summed E-state index contributed by atoms with van der Waals surface area (Å²) >= 11 is 12.6. The molecule has 3 aromatic rings. The van der Waals surface area contributed by atoms with E-state index in [4.69, 9.17) is 37.4 Å². The molecule has 2 heterocycles. The second kappa shape index (κ2) is 8.69. The van der Waals surface area contributed by atoms with E-state index < -0.39 is 38.7 Å². The lowest BCUT2D eigenvalue weighted by atomic mass is 10.2. The predicted molar refractivity (Wildman–Crippen MR) is 117 cm³/mol. The fourth-order valence-electron chi connectivity index (χ4n) is 3.39. The molecule has 0 amide bonds. The summed E-state index contributed by atoms with van der Waals surface area (Å²) < 4.78 is 34.5. The summed E-state index contributed by atoms with van der Waals surface area (Å²) in [6, 6.07) is 4.06. The molecule has 0 saturated carbocycles. The van der Waals surface area contributed by atoms with Gasteiger partial charge in [-0.3, -0.25) is 18.8 Å². The molecule has 1 aliphatic rings. The maximum atomic E-state index is 12.3. The molecule has 4 rings (SSSR count). The Hall–Kier alpha value is -3.51. The minimum Gasteiger partial charge on any atom is -0.434 e.